The molecule has 26 heavy (non-hydrogen) atoms. The molecule has 6 nitrogen and oxygen atoms in total. The number of carbonyl (C=O) groups is 2. The van der Waals surface area contributed by atoms with E-state index in [9.17, 15) is 19.8 Å². The Balaban J connectivity index is 1.65. The fourth-order valence-electron chi connectivity index (χ4n) is 3.39. The smallest absolute Gasteiger partial charge is 0.256 e. The van der Waals surface area contributed by atoms with Gasteiger partial charge in [-0.15, -0.1) is 0 Å². The first-order valence-corrected chi connectivity index (χ1v) is 8.42. The molecule has 4 rings (SSSR count). The molecule has 0 spiro atoms. The lowest BCUT2D eigenvalue weighted by Gasteiger charge is -2.19. The fourth-order valence-corrected chi connectivity index (χ4v) is 3.39. The average molecular weight is 350 g/mol. The molecule has 0 saturated carbocycles. The lowest BCUT2D eigenvalue weighted by molar-refractivity contribution is -0.119. The van der Waals surface area contributed by atoms with Crippen molar-refractivity contribution in [1.82, 2.24) is 4.90 Å². The number of hydrogen-bond donors (Lipinski definition) is 3. The van der Waals surface area contributed by atoms with Crippen molar-refractivity contribution in [2.45, 2.75) is 18.6 Å². The van der Waals surface area contributed by atoms with Crippen LogP contribution in [0.4, 0.5) is 5.69 Å². The van der Waals surface area contributed by atoms with Crippen LogP contribution in [0, 0.1) is 0 Å². The van der Waals surface area contributed by atoms with E-state index in [0.29, 0.717) is 11.3 Å². The molecule has 2 atom stereocenters. The van der Waals surface area contributed by atoms with Crippen molar-refractivity contribution in [2.75, 3.05) is 11.9 Å². The van der Waals surface area contributed by atoms with Crippen molar-refractivity contribution >= 4 is 29.7 Å². The molecule has 2 aromatic carbocycles. The van der Waals surface area contributed by atoms with Gasteiger partial charge < -0.3 is 20.4 Å². The summed E-state index contributed by atoms with van der Waals surface area (Å²) in [5.74, 6) is -0.309. The number of benzene rings is 2. The summed E-state index contributed by atoms with van der Waals surface area (Å²) in [6.07, 6.45) is 3.33. The van der Waals surface area contributed by atoms with Gasteiger partial charge in [0, 0.05) is 13.0 Å². The molecule has 0 unspecified atom stereocenters. The van der Waals surface area contributed by atoms with Gasteiger partial charge in [0.1, 0.15) is 11.8 Å². The van der Waals surface area contributed by atoms with Crippen LogP contribution in [0.1, 0.15) is 27.9 Å². The van der Waals surface area contributed by atoms with Crippen LogP contribution in [0.15, 0.2) is 42.5 Å². The van der Waals surface area contributed by atoms with E-state index in [4.69, 9.17) is 0 Å². The third-order valence-corrected chi connectivity index (χ3v) is 4.74. The summed E-state index contributed by atoms with van der Waals surface area (Å²) in [4.78, 5) is 26.6. The molecule has 2 aromatic rings. The standard InChI is InChI=1S/C20H18N2O4/c23-14-6-3-12(4-7-14)1-2-13-5-8-17-16(9-13)20(26)22-11-15(24)10-18(22)19(25)21-17/h1-9,15,18,23-24H,10-11H2,(H,21,25)/b2-1+/t15-,18+/m1/s1. The summed E-state index contributed by atoms with van der Waals surface area (Å²) in [5, 5.41) is 21.9. The molecule has 0 radical (unpaired) electrons. The zero-order valence-electron chi connectivity index (χ0n) is 13.9. The molecule has 1 fully saturated rings. The first kappa shape index (κ1) is 16.4. The van der Waals surface area contributed by atoms with E-state index >= 15 is 0 Å². The van der Waals surface area contributed by atoms with E-state index in [-0.39, 0.29) is 30.5 Å². The Kier molecular flexibility index (Phi) is 3.97. The number of hydrogen-bond acceptors (Lipinski definition) is 4. The molecular weight excluding hydrogens is 332 g/mol. The minimum atomic E-state index is -0.672. The Morgan fingerprint density at radius 1 is 1.04 bits per heavy atom. The van der Waals surface area contributed by atoms with E-state index in [0.717, 1.165) is 11.1 Å². The highest BCUT2D eigenvalue weighted by Gasteiger charge is 2.42. The molecule has 3 N–H and O–H groups in total. The van der Waals surface area contributed by atoms with Crippen LogP contribution in [0.3, 0.4) is 0 Å². The van der Waals surface area contributed by atoms with E-state index in [2.05, 4.69) is 5.32 Å². The fraction of sp³-hybridized carbons (Fsp3) is 0.200. The summed E-state index contributed by atoms with van der Waals surface area (Å²) >= 11 is 0. The molecule has 6 heteroatoms. The number of amides is 2. The van der Waals surface area contributed by atoms with Gasteiger partial charge in [0.05, 0.1) is 17.4 Å². The van der Waals surface area contributed by atoms with E-state index in [1.807, 2.05) is 18.2 Å². The number of aromatic hydroxyl groups is 1. The van der Waals surface area contributed by atoms with E-state index in [1.165, 1.54) is 4.90 Å². The van der Waals surface area contributed by atoms with Gasteiger partial charge in [-0.1, -0.05) is 30.4 Å². The number of nitrogens with zero attached hydrogens (tertiary/aromatic N) is 1. The number of nitrogens with one attached hydrogen (secondary N) is 1. The number of phenolic OH excluding ortho intramolecular Hbond substituents is 1. The second kappa shape index (κ2) is 6.31. The van der Waals surface area contributed by atoms with Crippen LogP contribution in [0.25, 0.3) is 12.2 Å². The largest absolute Gasteiger partial charge is 0.508 e. The Hall–Kier alpha value is -3.12. The molecule has 0 aliphatic carbocycles. The van der Waals surface area contributed by atoms with Gasteiger partial charge >= 0.3 is 0 Å². The van der Waals surface area contributed by atoms with Crippen LogP contribution in [-0.4, -0.2) is 45.6 Å². The topological polar surface area (TPSA) is 89.9 Å². The van der Waals surface area contributed by atoms with Crippen LogP contribution in [0.2, 0.25) is 0 Å². The van der Waals surface area contributed by atoms with Gasteiger partial charge in [-0.2, -0.15) is 0 Å². The first-order chi connectivity index (χ1) is 12.5. The second-order valence-electron chi connectivity index (χ2n) is 6.58. The number of rotatable bonds is 2. The van der Waals surface area contributed by atoms with Gasteiger partial charge in [-0.05, 0) is 35.4 Å². The van der Waals surface area contributed by atoms with Gasteiger partial charge in [-0.3, -0.25) is 9.59 Å². The zero-order valence-corrected chi connectivity index (χ0v) is 13.9. The molecule has 2 aliphatic heterocycles. The lowest BCUT2D eigenvalue weighted by Crippen LogP contribution is -2.40. The van der Waals surface area contributed by atoms with Crippen molar-refractivity contribution in [3.8, 4) is 5.75 Å². The Morgan fingerprint density at radius 3 is 2.50 bits per heavy atom. The number of fused-ring (bicyclic) bond motifs is 2. The minimum absolute atomic E-state index is 0.171. The third kappa shape index (κ3) is 2.95. The Bertz CT molecular complexity index is 905. The summed E-state index contributed by atoms with van der Waals surface area (Å²) in [6, 6.07) is 11.5. The monoisotopic (exact) mass is 350 g/mol. The maximum atomic E-state index is 12.8. The predicted octanol–water partition coefficient (Wildman–Crippen LogP) is 2.09. The van der Waals surface area contributed by atoms with Crippen LogP contribution in [0.5, 0.6) is 5.75 Å². The summed E-state index contributed by atoms with van der Waals surface area (Å²) in [7, 11) is 0. The first-order valence-electron chi connectivity index (χ1n) is 8.42. The van der Waals surface area contributed by atoms with Crippen molar-refractivity contribution < 1.29 is 19.8 Å². The van der Waals surface area contributed by atoms with Crippen molar-refractivity contribution in [3.63, 3.8) is 0 Å². The van der Waals surface area contributed by atoms with Crippen molar-refractivity contribution in [2.24, 2.45) is 0 Å². The quantitative estimate of drug-likeness (QED) is 0.724. The summed E-state index contributed by atoms with van der Waals surface area (Å²) in [5.41, 5.74) is 2.64. The number of carbonyl (C=O) groups excluding carboxylic acids is 2. The van der Waals surface area contributed by atoms with Crippen LogP contribution >= 0.6 is 0 Å². The van der Waals surface area contributed by atoms with Crippen LogP contribution in [-0.2, 0) is 4.79 Å². The number of aliphatic hydroxyl groups is 1. The molecule has 0 aromatic heterocycles. The van der Waals surface area contributed by atoms with Gasteiger partial charge in [0.25, 0.3) is 5.91 Å². The normalized spacial score (nSPS) is 22.1. The van der Waals surface area contributed by atoms with E-state index in [1.54, 1.807) is 36.4 Å². The second-order valence-corrected chi connectivity index (χ2v) is 6.58. The maximum Gasteiger partial charge on any atom is 0.256 e. The Morgan fingerprint density at radius 2 is 1.73 bits per heavy atom. The van der Waals surface area contributed by atoms with Gasteiger partial charge in [0.2, 0.25) is 5.91 Å². The molecule has 2 heterocycles. The molecule has 132 valence electrons. The summed E-state index contributed by atoms with van der Waals surface area (Å²) < 4.78 is 0. The molecule has 0 bridgehead atoms. The molecule has 1 saturated heterocycles. The highest BCUT2D eigenvalue weighted by atomic mass is 16.3. The number of anilines is 1. The minimum Gasteiger partial charge on any atom is -0.508 e. The molecular formula is C20H18N2O4. The molecule has 2 aliphatic rings. The lowest BCUT2D eigenvalue weighted by atomic mass is 10.1. The summed E-state index contributed by atoms with van der Waals surface area (Å²) in [6.45, 7) is 0.171. The highest BCUT2D eigenvalue weighted by molar-refractivity contribution is 6.10. The van der Waals surface area contributed by atoms with Crippen molar-refractivity contribution in [1.29, 1.82) is 0 Å². The maximum absolute atomic E-state index is 12.8. The van der Waals surface area contributed by atoms with Crippen LogP contribution < -0.4 is 5.32 Å². The Labute approximate surface area is 150 Å². The predicted molar refractivity (Wildman–Crippen MR) is 97.6 cm³/mol. The van der Waals surface area contributed by atoms with Gasteiger partial charge in [0.15, 0.2) is 0 Å². The SMILES string of the molecule is O=C1Nc2ccc(/C=C/c3ccc(O)cc3)cc2C(=O)N2C[C@H](O)C[C@@H]12. The van der Waals surface area contributed by atoms with Crippen molar-refractivity contribution in [3.05, 3.63) is 59.2 Å². The molecule has 2 amide bonds. The van der Waals surface area contributed by atoms with Gasteiger partial charge in [-0.25, -0.2) is 0 Å². The van der Waals surface area contributed by atoms with E-state index < -0.39 is 12.1 Å². The highest BCUT2D eigenvalue weighted by Crippen LogP contribution is 2.30. The number of phenols is 1. The average Bonchev–Trinajstić information content (AvgIpc) is 2.99. The number of aliphatic hydroxyl groups excluding tert-OH is 1. The third-order valence-electron chi connectivity index (χ3n) is 4.74. The zero-order chi connectivity index (χ0) is 18.3.